The first-order valence-electron chi connectivity index (χ1n) is 9.04. The number of aromatic nitrogens is 1. The number of ether oxygens (including phenoxy) is 3. The van der Waals surface area contributed by atoms with Crippen LogP contribution in [0.3, 0.4) is 0 Å². The molecule has 0 bridgehead atoms. The molecular formula is C21H26N2O5. The standard InChI is InChI=1S/C21H26N2O5/c1-5-28-20(25)21(2,16-7-6-12-22-14-16)23-19(24)11-9-15-8-10-17(26-3)18(13-15)27-4/h6-8,10,12-14H,5,9,11H2,1-4H3,(H,23,24). The number of methoxy groups -OCH3 is 2. The molecule has 7 nitrogen and oxygen atoms in total. The van der Waals surface area contributed by atoms with Gasteiger partial charge in [-0.1, -0.05) is 12.1 Å². The second-order valence-corrected chi connectivity index (χ2v) is 6.32. The fourth-order valence-corrected chi connectivity index (χ4v) is 2.81. The van der Waals surface area contributed by atoms with Gasteiger partial charge in [0.05, 0.1) is 20.8 Å². The van der Waals surface area contributed by atoms with E-state index in [9.17, 15) is 9.59 Å². The third kappa shape index (κ3) is 5.00. The number of pyridine rings is 1. The van der Waals surface area contributed by atoms with Crippen molar-refractivity contribution in [1.82, 2.24) is 10.3 Å². The van der Waals surface area contributed by atoms with Crippen molar-refractivity contribution in [3.63, 3.8) is 0 Å². The van der Waals surface area contributed by atoms with Crippen LogP contribution in [0.1, 0.15) is 31.4 Å². The zero-order chi connectivity index (χ0) is 20.6. The molecule has 28 heavy (non-hydrogen) atoms. The zero-order valence-corrected chi connectivity index (χ0v) is 16.7. The smallest absolute Gasteiger partial charge is 0.336 e. The van der Waals surface area contributed by atoms with Crippen LogP contribution in [0, 0.1) is 0 Å². The molecule has 0 aliphatic rings. The maximum atomic E-state index is 12.6. The summed E-state index contributed by atoms with van der Waals surface area (Å²) in [6.07, 6.45) is 3.84. The Bertz CT molecular complexity index is 810. The van der Waals surface area contributed by atoms with Gasteiger partial charge >= 0.3 is 5.97 Å². The van der Waals surface area contributed by atoms with Crippen molar-refractivity contribution in [2.24, 2.45) is 0 Å². The Balaban J connectivity index is 2.11. The first-order chi connectivity index (χ1) is 13.4. The minimum Gasteiger partial charge on any atom is -0.493 e. The Morgan fingerprint density at radius 1 is 1.14 bits per heavy atom. The van der Waals surface area contributed by atoms with Crippen LogP contribution in [0.15, 0.2) is 42.7 Å². The van der Waals surface area contributed by atoms with E-state index in [-0.39, 0.29) is 18.9 Å². The highest BCUT2D eigenvalue weighted by atomic mass is 16.5. The summed E-state index contributed by atoms with van der Waals surface area (Å²) in [5.41, 5.74) is 0.179. The van der Waals surface area contributed by atoms with E-state index in [1.807, 2.05) is 12.1 Å². The molecule has 1 N–H and O–H groups in total. The van der Waals surface area contributed by atoms with Gasteiger partial charge < -0.3 is 19.5 Å². The van der Waals surface area contributed by atoms with Crippen LogP contribution < -0.4 is 14.8 Å². The molecule has 1 amide bonds. The fourth-order valence-electron chi connectivity index (χ4n) is 2.81. The average Bonchev–Trinajstić information content (AvgIpc) is 2.72. The highest BCUT2D eigenvalue weighted by Crippen LogP contribution is 2.28. The van der Waals surface area contributed by atoms with E-state index in [0.29, 0.717) is 23.5 Å². The average molecular weight is 386 g/mol. The fraction of sp³-hybridized carbons (Fsp3) is 0.381. The number of carbonyl (C=O) groups is 2. The van der Waals surface area contributed by atoms with Crippen molar-refractivity contribution in [1.29, 1.82) is 0 Å². The van der Waals surface area contributed by atoms with Gasteiger partial charge in [0.1, 0.15) is 0 Å². The number of rotatable bonds is 9. The maximum absolute atomic E-state index is 12.6. The molecule has 0 saturated heterocycles. The summed E-state index contributed by atoms with van der Waals surface area (Å²) in [5.74, 6) is 0.436. The Hall–Kier alpha value is -3.09. The van der Waals surface area contributed by atoms with Crippen LogP contribution in [0.25, 0.3) is 0 Å². The number of carbonyl (C=O) groups excluding carboxylic acids is 2. The van der Waals surface area contributed by atoms with Gasteiger partial charge in [0.15, 0.2) is 17.0 Å². The van der Waals surface area contributed by atoms with E-state index in [4.69, 9.17) is 14.2 Å². The van der Waals surface area contributed by atoms with E-state index >= 15 is 0 Å². The molecule has 1 unspecified atom stereocenters. The SMILES string of the molecule is CCOC(=O)C(C)(NC(=O)CCc1ccc(OC)c(OC)c1)c1cccnc1. The van der Waals surface area contributed by atoms with E-state index in [0.717, 1.165) is 5.56 Å². The summed E-state index contributed by atoms with van der Waals surface area (Å²) >= 11 is 0. The Labute approximate surface area is 165 Å². The highest BCUT2D eigenvalue weighted by molar-refractivity contribution is 5.88. The minimum absolute atomic E-state index is 0.199. The number of hydrogen-bond donors (Lipinski definition) is 1. The summed E-state index contributed by atoms with van der Waals surface area (Å²) in [7, 11) is 3.13. The largest absolute Gasteiger partial charge is 0.493 e. The van der Waals surface area contributed by atoms with Gasteiger partial charge in [-0.25, -0.2) is 4.79 Å². The number of benzene rings is 1. The summed E-state index contributed by atoms with van der Waals surface area (Å²) in [6, 6.07) is 8.95. The molecule has 0 spiro atoms. The highest BCUT2D eigenvalue weighted by Gasteiger charge is 2.38. The van der Waals surface area contributed by atoms with Crippen LogP contribution in [-0.2, 0) is 26.3 Å². The number of aryl methyl sites for hydroxylation is 1. The summed E-state index contributed by atoms with van der Waals surface area (Å²) in [5, 5.41) is 2.81. The molecule has 0 radical (unpaired) electrons. The van der Waals surface area contributed by atoms with Crippen LogP contribution in [0.4, 0.5) is 0 Å². The van der Waals surface area contributed by atoms with Crippen LogP contribution in [-0.4, -0.2) is 37.7 Å². The van der Waals surface area contributed by atoms with Crippen molar-refractivity contribution >= 4 is 11.9 Å². The first kappa shape index (κ1) is 21.2. The van der Waals surface area contributed by atoms with Crippen LogP contribution in [0.2, 0.25) is 0 Å². The lowest BCUT2D eigenvalue weighted by molar-refractivity contribution is -0.153. The van der Waals surface area contributed by atoms with Gasteiger partial charge in [-0.2, -0.15) is 0 Å². The van der Waals surface area contributed by atoms with E-state index in [1.54, 1.807) is 58.7 Å². The molecule has 1 aromatic carbocycles. The minimum atomic E-state index is -1.31. The van der Waals surface area contributed by atoms with E-state index in [1.165, 1.54) is 0 Å². The van der Waals surface area contributed by atoms with Crippen LogP contribution >= 0.6 is 0 Å². The predicted molar refractivity (Wildman–Crippen MR) is 104 cm³/mol. The molecule has 1 atom stereocenters. The topological polar surface area (TPSA) is 86.8 Å². The van der Waals surface area contributed by atoms with Gasteiger partial charge in [-0.3, -0.25) is 9.78 Å². The van der Waals surface area contributed by atoms with Gasteiger partial charge in [0.2, 0.25) is 5.91 Å². The van der Waals surface area contributed by atoms with E-state index in [2.05, 4.69) is 10.3 Å². The molecule has 1 heterocycles. The zero-order valence-electron chi connectivity index (χ0n) is 16.7. The van der Waals surface area contributed by atoms with E-state index < -0.39 is 11.5 Å². The van der Waals surface area contributed by atoms with Gasteiger partial charge in [-0.15, -0.1) is 0 Å². The Morgan fingerprint density at radius 3 is 2.50 bits per heavy atom. The third-order valence-corrected chi connectivity index (χ3v) is 4.40. The number of amides is 1. The van der Waals surface area contributed by atoms with Gasteiger partial charge in [-0.05, 0) is 44.0 Å². The summed E-state index contributed by atoms with van der Waals surface area (Å²) < 4.78 is 15.7. The van der Waals surface area contributed by atoms with Crippen molar-refractivity contribution < 1.29 is 23.8 Å². The second kappa shape index (κ2) is 9.73. The van der Waals surface area contributed by atoms with Crippen molar-refractivity contribution in [3.05, 3.63) is 53.9 Å². The van der Waals surface area contributed by atoms with Crippen molar-refractivity contribution in [2.45, 2.75) is 32.2 Å². The monoisotopic (exact) mass is 386 g/mol. The molecule has 0 aliphatic carbocycles. The maximum Gasteiger partial charge on any atom is 0.336 e. The lowest BCUT2D eigenvalue weighted by Gasteiger charge is -2.28. The normalized spacial score (nSPS) is 12.6. The molecule has 0 saturated carbocycles. The number of nitrogens with one attached hydrogen (secondary N) is 1. The first-order valence-corrected chi connectivity index (χ1v) is 9.04. The predicted octanol–water partition coefficient (Wildman–Crippen LogP) is 2.63. The summed E-state index contributed by atoms with van der Waals surface area (Å²) in [6.45, 7) is 3.56. The Kier molecular flexibility index (Phi) is 7.37. The van der Waals surface area contributed by atoms with Crippen LogP contribution in [0.5, 0.6) is 11.5 Å². The van der Waals surface area contributed by atoms with Crippen molar-refractivity contribution in [3.8, 4) is 11.5 Å². The number of hydrogen-bond acceptors (Lipinski definition) is 6. The lowest BCUT2D eigenvalue weighted by Crippen LogP contribution is -2.50. The number of esters is 1. The van der Waals surface area contributed by atoms with Gasteiger partial charge in [0.25, 0.3) is 0 Å². The molecule has 150 valence electrons. The van der Waals surface area contributed by atoms with Gasteiger partial charge in [0, 0.05) is 24.4 Å². The number of nitrogens with zero attached hydrogens (tertiary/aromatic N) is 1. The Morgan fingerprint density at radius 2 is 1.89 bits per heavy atom. The second-order valence-electron chi connectivity index (χ2n) is 6.32. The quantitative estimate of drug-likeness (QED) is 0.667. The molecule has 0 fully saturated rings. The molecule has 2 rings (SSSR count). The molecule has 7 heteroatoms. The molecule has 0 aliphatic heterocycles. The third-order valence-electron chi connectivity index (χ3n) is 4.40. The molecule has 2 aromatic rings. The molecule has 1 aromatic heterocycles. The molecular weight excluding hydrogens is 360 g/mol. The van der Waals surface area contributed by atoms with Crippen molar-refractivity contribution in [2.75, 3.05) is 20.8 Å². The lowest BCUT2D eigenvalue weighted by atomic mass is 9.93. The summed E-state index contributed by atoms with van der Waals surface area (Å²) in [4.78, 5) is 29.2.